The molecule has 2 aromatic heterocycles. The van der Waals surface area contributed by atoms with Crippen molar-refractivity contribution < 1.29 is 27.1 Å². The van der Waals surface area contributed by atoms with Crippen LogP contribution in [0.3, 0.4) is 0 Å². The van der Waals surface area contributed by atoms with E-state index < -0.39 is 18.4 Å². The standard InChI is InChI=1S/C10H9N3O.3CH3.Sn.Ta/c1-10(2-3-10)14-9-4-7-5-12-13-8(7)6-11-9;;;;;/h4,6H,2-3H2,1H3;3*1H3;;/q-1;;;;;. The average Bonchev–Trinajstić information content (AvgIpc) is 2.84. The SMILES string of the molecule is CC1(Oc2cc3[c]([Sn]([CH3])([CH3])[CH3])n[n-]c3cn2)CC1.[Ta]. The van der Waals surface area contributed by atoms with Crippen LogP contribution < -0.4 is 13.5 Å². The van der Waals surface area contributed by atoms with Crippen molar-refractivity contribution >= 4 is 33.0 Å². The van der Waals surface area contributed by atoms with E-state index in [4.69, 9.17) is 4.74 Å². The van der Waals surface area contributed by atoms with E-state index in [9.17, 15) is 0 Å². The van der Waals surface area contributed by atoms with Gasteiger partial charge in [-0.1, -0.05) is 0 Å². The van der Waals surface area contributed by atoms with E-state index in [1.807, 2.05) is 6.07 Å². The third-order valence-electron chi connectivity index (χ3n) is 3.39. The number of rotatable bonds is 3. The van der Waals surface area contributed by atoms with Crippen molar-refractivity contribution in [3.05, 3.63) is 12.3 Å². The van der Waals surface area contributed by atoms with Gasteiger partial charge in [0.15, 0.2) is 0 Å². The zero-order valence-corrected chi connectivity index (χ0v) is 17.8. The fourth-order valence-corrected chi connectivity index (χ4v) is 5.87. The van der Waals surface area contributed by atoms with E-state index in [2.05, 4.69) is 36.9 Å². The van der Waals surface area contributed by atoms with Crippen LogP contribution in [0.15, 0.2) is 12.3 Å². The number of fused-ring (bicyclic) bond motifs is 1. The molecule has 19 heavy (non-hydrogen) atoms. The molecule has 0 atom stereocenters. The van der Waals surface area contributed by atoms with Crippen LogP contribution in [-0.2, 0) is 22.4 Å². The van der Waals surface area contributed by atoms with Crippen LogP contribution in [0.5, 0.6) is 5.88 Å². The molecule has 0 amide bonds. The van der Waals surface area contributed by atoms with Crippen LogP contribution in [0.4, 0.5) is 0 Å². The fraction of sp³-hybridized carbons (Fsp3) is 0.538. The van der Waals surface area contributed by atoms with Crippen LogP contribution in [0.1, 0.15) is 19.8 Å². The minimum absolute atomic E-state index is 0. The Morgan fingerprint density at radius 1 is 1.32 bits per heavy atom. The summed E-state index contributed by atoms with van der Waals surface area (Å²) >= 11 is -2.21. The quantitative estimate of drug-likeness (QED) is 0.569. The molecule has 0 spiro atoms. The van der Waals surface area contributed by atoms with Gasteiger partial charge in [-0.3, -0.25) is 0 Å². The van der Waals surface area contributed by atoms with Gasteiger partial charge in [0.2, 0.25) is 0 Å². The summed E-state index contributed by atoms with van der Waals surface area (Å²) in [5.41, 5.74) is 0.907. The maximum atomic E-state index is 5.91. The van der Waals surface area contributed by atoms with Crippen molar-refractivity contribution in [1.82, 2.24) is 15.2 Å². The Morgan fingerprint density at radius 2 is 2.00 bits per heavy atom. The molecule has 6 heteroatoms. The monoisotopic (exact) mass is 533 g/mol. The second-order valence-corrected chi connectivity index (χ2v) is 20.6. The third kappa shape index (κ3) is 3.17. The summed E-state index contributed by atoms with van der Waals surface area (Å²) in [7, 11) is 0. The molecule has 0 unspecified atom stereocenters. The molecule has 2 heterocycles. The largest absolute Gasteiger partial charge is 0 e. The molecule has 1 saturated carbocycles. The Labute approximate surface area is 133 Å². The summed E-state index contributed by atoms with van der Waals surface area (Å²) in [6.07, 6.45) is 4.02. The van der Waals surface area contributed by atoms with E-state index in [0.717, 1.165) is 23.7 Å². The molecule has 0 aromatic carbocycles. The van der Waals surface area contributed by atoms with Gasteiger partial charge in [-0.05, 0) is 0 Å². The van der Waals surface area contributed by atoms with Gasteiger partial charge in [0.05, 0.1) is 0 Å². The topological polar surface area (TPSA) is 49.1 Å². The van der Waals surface area contributed by atoms with Gasteiger partial charge >= 0.3 is 111 Å². The molecule has 3 rings (SSSR count). The maximum absolute atomic E-state index is 5.91. The molecule has 1 aliphatic rings. The van der Waals surface area contributed by atoms with Crippen molar-refractivity contribution in [2.75, 3.05) is 0 Å². The van der Waals surface area contributed by atoms with Gasteiger partial charge < -0.3 is 0 Å². The molecular formula is C13H18N3OSnTa-. The van der Waals surface area contributed by atoms with Gasteiger partial charge in [0.25, 0.3) is 0 Å². The maximum Gasteiger partial charge on any atom is 0 e. The number of hydrogen-bond acceptors (Lipinski definition) is 3. The Morgan fingerprint density at radius 3 is 2.58 bits per heavy atom. The molecule has 0 bridgehead atoms. The minimum Gasteiger partial charge on any atom is 0 e. The predicted molar refractivity (Wildman–Crippen MR) is 74.1 cm³/mol. The van der Waals surface area contributed by atoms with Gasteiger partial charge in [-0.25, -0.2) is 0 Å². The predicted octanol–water partition coefficient (Wildman–Crippen LogP) is 2.06. The van der Waals surface area contributed by atoms with E-state index >= 15 is 0 Å². The summed E-state index contributed by atoms with van der Waals surface area (Å²) in [6, 6.07) is 2.02. The Hall–Kier alpha value is -0.0410. The second-order valence-electron chi connectivity index (χ2n) is 6.39. The van der Waals surface area contributed by atoms with Crippen molar-refractivity contribution in [3.63, 3.8) is 0 Å². The summed E-state index contributed by atoms with van der Waals surface area (Å²) in [6.45, 7) is 2.13. The first-order valence-corrected chi connectivity index (χ1v) is 16.3. The van der Waals surface area contributed by atoms with E-state index in [1.54, 1.807) is 6.20 Å². The molecule has 0 aliphatic heterocycles. The van der Waals surface area contributed by atoms with Crippen molar-refractivity contribution in [3.8, 4) is 5.88 Å². The minimum atomic E-state index is -2.21. The van der Waals surface area contributed by atoms with Gasteiger partial charge in [-0.15, -0.1) is 0 Å². The molecule has 0 saturated heterocycles. The van der Waals surface area contributed by atoms with Gasteiger partial charge in [-0.2, -0.15) is 0 Å². The molecule has 1 fully saturated rings. The molecule has 0 N–H and O–H groups in total. The first kappa shape index (κ1) is 15.3. The number of nitrogens with zero attached hydrogens (tertiary/aromatic N) is 3. The summed E-state index contributed by atoms with van der Waals surface area (Å²) in [4.78, 5) is 11.4. The molecular weight excluding hydrogens is 514 g/mol. The van der Waals surface area contributed by atoms with Crippen molar-refractivity contribution in [2.24, 2.45) is 0 Å². The van der Waals surface area contributed by atoms with E-state index in [0.29, 0.717) is 5.88 Å². The Bertz CT molecular complexity index is 601. The molecule has 2 aromatic rings. The van der Waals surface area contributed by atoms with Crippen molar-refractivity contribution in [2.45, 2.75) is 40.2 Å². The van der Waals surface area contributed by atoms with E-state index in [-0.39, 0.29) is 28.0 Å². The number of aromatic nitrogens is 3. The summed E-state index contributed by atoms with van der Waals surface area (Å²) in [5, 5.41) is 9.74. The average molecular weight is 532 g/mol. The smallest absolute Gasteiger partial charge is 0 e. The second kappa shape index (κ2) is 5.06. The molecule has 1 radical (unpaired) electrons. The van der Waals surface area contributed by atoms with Crippen LogP contribution >= 0.6 is 0 Å². The Kier molecular flexibility index (Phi) is 4.09. The Balaban J connectivity index is 0.00000133. The molecule has 101 valence electrons. The summed E-state index contributed by atoms with van der Waals surface area (Å²) in [5.74, 6) is 0.717. The van der Waals surface area contributed by atoms with Crippen molar-refractivity contribution in [1.29, 1.82) is 0 Å². The zero-order valence-electron chi connectivity index (χ0n) is 11.8. The van der Waals surface area contributed by atoms with Crippen LogP contribution in [0.25, 0.3) is 10.9 Å². The first-order valence-electron chi connectivity index (χ1n) is 6.36. The van der Waals surface area contributed by atoms with Crippen LogP contribution in [-0.4, -0.2) is 34.1 Å². The zero-order chi connectivity index (χ0) is 13.0. The number of ether oxygens (including phenoxy) is 1. The normalized spacial score (nSPS) is 17.1. The molecule has 4 nitrogen and oxygen atoms in total. The van der Waals surface area contributed by atoms with Crippen LogP contribution in [0.2, 0.25) is 14.8 Å². The third-order valence-corrected chi connectivity index (χ3v) is 8.50. The fourth-order valence-electron chi connectivity index (χ4n) is 2.00. The summed E-state index contributed by atoms with van der Waals surface area (Å²) < 4.78 is 7.13. The van der Waals surface area contributed by atoms with Crippen LogP contribution in [0, 0.1) is 0 Å². The van der Waals surface area contributed by atoms with Gasteiger partial charge in [0, 0.05) is 22.4 Å². The number of pyridine rings is 1. The first-order chi connectivity index (χ1) is 8.37. The van der Waals surface area contributed by atoms with Gasteiger partial charge in [0.1, 0.15) is 0 Å². The molecule has 1 aliphatic carbocycles. The number of hydrogen-bond donors (Lipinski definition) is 0. The van der Waals surface area contributed by atoms with E-state index in [1.165, 1.54) is 3.71 Å².